The van der Waals surface area contributed by atoms with Crippen molar-refractivity contribution in [3.8, 4) is 0 Å². The Kier molecular flexibility index (Phi) is 5.88. The van der Waals surface area contributed by atoms with Crippen molar-refractivity contribution in [1.82, 2.24) is 9.55 Å². The molecule has 0 saturated carbocycles. The number of pyridine rings is 1. The molecule has 5 rings (SSSR count). The van der Waals surface area contributed by atoms with Crippen molar-refractivity contribution in [2.24, 2.45) is 5.92 Å². The Labute approximate surface area is 197 Å². The van der Waals surface area contributed by atoms with Gasteiger partial charge in [0.2, 0.25) is 0 Å². The van der Waals surface area contributed by atoms with Crippen molar-refractivity contribution in [3.63, 3.8) is 0 Å². The molecule has 0 spiro atoms. The number of halogens is 3. The predicted molar refractivity (Wildman–Crippen MR) is 124 cm³/mol. The summed E-state index contributed by atoms with van der Waals surface area (Å²) in [7, 11) is 1.30. The zero-order valence-corrected chi connectivity index (χ0v) is 19.4. The maximum atomic E-state index is 15.2. The van der Waals surface area contributed by atoms with E-state index in [1.54, 1.807) is 24.3 Å². The van der Waals surface area contributed by atoms with Gasteiger partial charge in [-0.1, -0.05) is 18.2 Å². The lowest BCUT2D eigenvalue weighted by Crippen LogP contribution is -2.27. The van der Waals surface area contributed by atoms with E-state index in [1.165, 1.54) is 25.4 Å². The lowest BCUT2D eigenvalue weighted by molar-refractivity contribution is 0.0548. The van der Waals surface area contributed by atoms with E-state index < -0.39 is 17.8 Å². The summed E-state index contributed by atoms with van der Waals surface area (Å²) >= 11 is 3.30. The molecule has 8 heteroatoms. The normalized spacial score (nSPS) is 15.8. The highest BCUT2D eigenvalue weighted by Crippen LogP contribution is 2.42. The summed E-state index contributed by atoms with van der Waals surface area (Å²) < 4.78 is 42.5. The number of fused-ring (bicyclic) bond motifs is 3. The number of carbonyl (C=O) groups is 1. The first-order chi connectivity index (χ1) is 16.0. The lowest BCUT2D eigenvalue weighted by atomic mass is 9.86. The molecule has 0 amide bonds. The molecule has 0 N–H and O–H groups in total. The third kappa shape index (κ3) is 3.81. The van der Waals surface area contributed by atoms with Crippen LogP contribution in [0.25, 0.3) is 21.9 Å². The van der Waals surface area contributed by atoms with Gasteiger partial charge in [-0.15, -0.1) is 0 Å². The zero-order chi connectivity index (χ0) is 23.1. The number of esters is 1. The van der Waals surface area contributed by atoms with Gasteiger partial charge < -0.3 is 14.0 Å². The van der Waals surface area contributed by atoms with E-state index in [-0.39, 0.29) is 17.3 Å². The minimum atomic E-state index is -0.526. The standard InChI is InChI=1S/C25H21BrF2N2O3/c1-32-25(31)15-10-22-23(29-13-15)17-11-20(28)18(26)12-21(17)30(22)24(14-6-8-33-9-7-14)16-4-2-3-5-19(16)27/h2-5,10-14,24H,6-9H2,1H3/t24-/m0/s1. The summed E-state index contributed by atoms with van der Waals surface area (Å²) in [6.45, 7) is 1.16. The molecule has 5 nitrogen and oxygen atoms in total. The number of benzene rings is 2. The number of ether oxygens (including phenoxy) is 2. The van der Waals surface area contributed by atoms with Crippen LogP contribution in [0.1, 0.15) is 34.8 Å². The minimum absolute atomic E-state index is 0.0695. The number of methoxy groups -OCH3 is 1. The highest BCUT2D eigenvalue weighted by molar-refractivity contribution is 9.10. The number of carbonyl (C=O) groups excluding carboxylic acids is 1. The summed E-state index contributed by atoms with van der Waals surface area (Å²) in [6.07, 6.45) is 2.91. The fourth-order valence-corrected chi connectivity index (χ4v) is 5.11. The highest BCUT2D eigenvalue weighted by atomic mass is 79.9. The molecular formula is C25H21BrF2N2O3. The molecule has 33 heavy (non-hydrogen) atoms. The molecule has 0 unspecified atom stereocenters. The van der Waals surface area contributed by atoms with Gasteiger partial charge in [-0.2, -0.15) is 0 Å². The molecule has 1 atom stereocenters. The van der Waals surface area contributed by atoms with Crippen LogP contribution < -0.4 is 0 Å². The Bertz CT molecular complexity index is 1370. The second-order valence-electron chi connectivity index (χ2n) is 8.15. The molecule has 1 aliphatic rings. The molecule has 2 aromatic heterocycles. The topological polar surface area (TPSA) is 53.3 Å². The molecule has 0 radical (unpaired) electrons. The van der Waals surface area contributed by atoms with E-state index in [2.05, 4.69) is 20.9 Å². The average molecular weight is 515 g/mol. The Balaban J connectivity index is 1.87. The molecule has 0 bridgehead atoms. The van der Waals surface area contributed by atoms with Crippen molar-refractivity contribution in [2.45, 2.75) is 18.9 Å². The maximum Gasteiger partial charge on any atom is 0.339 e. The second-order valence-corrected chi connectivity index (χ2v) is 9.01. The fraction of sp³-hybridized carbons (Fsp3) is 0.280. The van der Waals surface area contributed by atoms with Gasteiger partial charge in [0.05, 0.1) is 39.7 Å². The van der Waals surface area contributed by atoms with Crippen LogP contribution in [0, 0.1) is 17.6 Å². The number of hydrogen-bond donors (Lipinski definition) is 0. The number of nitrogens with zero attached hydrogens (tertiary/aromatic N) is 2. The smallest absolute Gasteiger partial charge is 0.339 e. The lowest BCUT2D eigenvalue weighted by Gasteiger charge is -2.33. The van der Waals surface area contributed by atoms with Crippen LogP contribution in [0.3, 0.4) is 0 Å². The second kappa shape index (κ2) is 8.83. The van der Waals surface area contributed by atoms with Gasteiger partial charge in [-0.25, -0.2) is 13.6 Å². The predicted octanol–water partition coefficient (Wildman–Crippen LogP) is 6.03. The van der Waals surface area contributed by atoms with E-state index in [9.17, 15) is 9.18 Å². The van der Waals surface area contributed by atoms with Gasteiger partial charge in [0.1, 0.15) is 11.6 Å². The third-order valence-electron chi connectivity index (χ3n) is 6.32. The van der Waals surface area contributed by atoms with Crippen LogP contribution in [-0.4, -0.2) is 35.8 Å². The third-order valence-corrected chi connectivity index (χ3v) is 6.92. The first-order valence-corrected chi connectivity index (χ1v) is 11.5. The first kappa shape index (κ1) is 22.0. The number of hydrogen-bond acceptors (Lipinski definition) is 4. The summed E-state index contributed by atoms with van der Waals surface area (Å²) in [5.74, 6) is -1.20. The van der Waals surface area contributed by atoms with Crippen molar-refractivity contribution >= 4 is 43.8 Å². The van der Waals surface area contributed by atoms with Gasteiger partial charge in [0.15, 0.2) is 0 Å². The maximum absolute atomic E-state index is 15.2. The number of aromatic nitrogens is 2. The summed E-state index contributed by atoms with van der Waals surface area (Å²) in [5, 5.41) is 0.593. The molecule has 4 aromatic rings. The van der Waals surface area contributed by atoms with Gasteiger partial charge in [0, 0.05) is 30.4 Å². The van der Waals surface area contributed by atoms with E-state index in [4.69, 9.17) is 9.47 Å². The highest BCUT2D eigenvalue weighted by Gasteiger charge is 2.32. The quantitative estimate of drug-likeness (QED) is 0.312. The molecular weight excluding hydrogens is 494 g/mol. The van der Waals surface area contributed by atoms with Crippen LogP contribution in [0.4, 0.5) is 8.78 Å². The van der Waals surface area contributed by atoms with Crippen molar-refractivity contribution in [1.29, 1.82) is 0 Å². The van der Waals surface area contributed by atoms with Gasteiger partial charge >= 0.3 is 5.97 Å². The van der Waals surface area contributed by atoms with E-state index >= 15 is 4.39 Å². The first-order valence-electron chi connectivity index (χ1n) is 10.7. The van der Waals surface area contributed by atoms with Crippen LogP contribution in [0.15, 0.2) is 53.1 Å². The molecule has 170 valence electrons. The summed E-state index contributed by atoms with van der Waals surface area (Å²) in [4.78, 5) is 16.8. The average Bonchev–Trinajstić information content (AvgIpc) is 3.13. The van der Waals surface area contributed by atoms with Crippen molar-refractivity contribution < 1.29 is 23.0 Å². The van der Waals surface area contributed by atoms with Crippen LogP contribution in [0.5, 0.6) is 0 Å². The monoisotopic (exact) mass is 514 g/mol. The fourth-order valence-electron chi connectivity index (χ4n) is 4.78. The van der Waals surface area contributed by atoms with E-state index in [1.807, 2.05) is 10.6 Å². The molecule has 3 heterocycles. The van der Waals surface area contributed by atoms with Gasteiger partial charge in [-0.3, -0.25) is 4.98 Å². The van der Waals surface area contributed by atoms with Crippen LogP contribution in [-0.2, 0) is 9.47 Å². The van der Waals surface area contributed by atoms with Gasteiger partial charge in [0.25, 0.3) is 0 Å². The summed E-state index contributed by atoms with van der Waals surface area (Å²) in [6, 6.07) is 11.1. The Hall–Kier alpha value is -2.84. The Morgan fingerprint density at radius 1 is 1.15 bits per heavy atom. The van der Waals surface area contributed by atoms with E-state index in [0.29, 0.717) is 45.2 Å². The Morgan fingerprint density at radius 2 is 1.91 bits per heavy atom. The number of rotatable bonds is 4. The van der Waals surface area contributed by atoms with E-state index in [0.717, 1.165) is 12.8 Å². The Morgan fingerprint density at radius 3 is 2.64 bits per heavy atom. The minimum Gasteiger partial charge on any atom is -0.465 e. The van der Waals surface area contributed by atoms with Crippen LogP contribution in [0.2, 0.25) is 0 Å². The molecule has 1 aliphatic heterocycles. The largest absolute Gasteiger partial charge is 0.465 e. The molecule has 1 fully saturated rings. The molecule has 0 aliphatic carbocycles. The van der Waals surface area contributed by atoms with Crippen LogP contribution >= 0.6 is 15.9 Å². The molecule has 2 aromatic carbocycles. The van der Waals surface area contributed by atoms with Crippen molar-refractivity contribution in [3.05, 3.63) is 75.9 Å². The summed E-state index contributed by atoms with van der Waals surface area (Å²) in [5.41, 5.74) is 2.66. The zero-order valence-electron chi connectivity index (χ0n) is 17.9. The van der Waals surface area contributed by atoms with Gasteiger partial charge in [-0.05, 0) is 59.0 Å². The SMILES string of the molecule is COC(=O)c1cnc2c3cc(F)c(Br)cc3n([C@H](c3ccccc3F)C3CCOCC3)c2c1. The molecule has 1 saturated heterocycles. The van der Waals surface area contributed by atoms with Crippen molar-refractivity contribution in [2.75, 3.05) is 20.3 Å².